The third-order valence-corrected chi connectivity index (χ3v) is 17.5. The van der Waals surface area contributed by atoms with E-state index in [1.165, 1.54) is 214 Å². The van der Waals surface area contributed by atoms with E-state index in [9.17, 15) is 9.59 Å². The Balaban J connectivity index is 1.18. The number of esters is 2. The van der Waals surface area contributed by atoms with Crippen molar-refractivity contribution in [3.8, 4) is 11.5 Å². The van der Waals surface area contributed by atoms with E-state index in [0.29, 0.717) is 26.1 Å². The largest absolute Gasteiger partial charge is 0.491 e. The first kappa shape index (κ1) is 67.5. The van der Waals surface area contributed by atoms with E-state index < -0.39 is 0 Å². The van der Waals surface area contributed by atoms with Gasteiger partial charge in [-0.05, 0) is 198 Å². The zero-order chi connectivity index (χ0) is 50.5. The van der Waals surface area contributed by atoms with E-state index in [4.69, 9.17) is 18.9 Å². The molecule has 0 amide bonds. The Labute approximate surface area is 510 Å². The molecule has 0 spiro atoms. The molecule has 2 rings (SSSR count). The first-order valence-electron chi connectivity index (χ1n) is 28.0. The van der Waals surface area contributed by atoms with Gasteiger partial charge in [0.1, 0.15) is 11.5 Å². The molecule has 6 nitrogen and oxygen atoms in total. The molecule has 12 heteroatoms. The monoisotopic (exact) mass is 1650 g/mol. The number of unbranched alkanes of at least 4 members (excludes halogenated alkanes) is 35. The third kappa shape index (κ3) is 39.7. The van der Waals surface area contributed by atoms with Crippen molar-refractivity contribution in [3.05, 3.63) is 45.7 Å². The highest BCUT2D eigenvalue weighted by atomic mass is 127. The van der Waals surface area contributed by atoms with E-state index >= 15 is 0 Å². The first-order chi connectivity index (χ1) is 34.2. The average molecular weight is 1650 g/mol. The van der Waals surface area contributed by atoms with E-state index in [-0.39, 0.29) is 11.9 Å². The highest BCUT2D eigenvalue weighted by Crippen LogP contribution is 2.31. The van der Waals surface area contributed by atoms with Crippen LogP contribution in [0.1, 0.15) is 257 Å². The lowest BCUT2D eigenvalue weighted by atomic mass is 10.0. The van der Waals surface area contributed by atoms with Crippen molar-refractivity contribution >= 4 is 147 Å². The molecule has 0 aliphatic rings. The molecule has 2 aromatic carbocycles. The maximum Gasteiger partial charge on any atom is 0.305 e. The lowest BCUT2D eigenvalue weighted by molar-refractivity contribution is -0.146. The Morgan fingerprint density at radius 1 is 0.271 bits per heavy atom. The molecule has 0 fully saturated rings. The van der Waals surface area contributed by atoms with Crippen LogP contribution in [-0.2, 0) is 19.1 Å². The van der Waals surface area contributed by atoms with Crippen molar-refractivity contribution in [1.29, 1.82) is 0 Å². The fraction of sp³-hybridized carbons (Fsp3) is 0.759. The fourth-order valence-electron chi connectivity index (χ4n) is 8.80. The maximum absolute atomic E-state index is 12.1. The molecule has 0 aliphatic carbocycles. The van der Waals surface area contributed by atoms with Gasteiger partial charge in [0.2, 0.25) is 0 Å². The SMILES string of the molecule is O=C(CCCCCCCCCCCCCCCCCCCCOc1c(I)cc(I)cc1I)OCCCCOC(=O)CCCCCCCCCCCCCCCCCCCCOc1c(I)cc(I)cc1I. The lowest BCUT2D eigenvalue weighted by Crippen LogP contribution is -2.08. The number of ether oxygens (including phenoxy) is 4. The van der Waals surface area contributed by atoms with Gasteiger partial charge in [0.25, 0.3) is 0 Å². The summed E-state index contributed by atoms with van der Waals surface area (Å²) in [5, 5.41) is 0. The zero-order valence-corrected chi connectivity index (χ0v) is 56.1. The Morgan fingerprint density at radius 3 is 0.686 bits per heavy atom. The Bertz CT molecular complexity index is 1430. The molecule has 0 atom stereocenters. The third-order valence-electron chi connectivity index (χ3n) is 13.0. The van der Waals surface area contributed by atoms with Crippen LogP contribution in [0.3, 0.4) is 0 Å². The summed E-state index contributed by atoms with van der Waals surface area (Å²) in [5.41, 5.74) is 0. The predicted molar refractivity (Wildman–Crippen MR) is 347 cm³/mol. The number of hydrogen-bond acceptors (Lipinski definition) is 6. The van der Waals surface area contributed by atoms with E-state index in [1.807, 2.05) is 0 Å². The van der Waals surface area contributed by atoms with Gasteiger partial charge in [-0.1, -0.05) is 205 Å². The highest BCUT2D eigenvalue weighted by molar-refractivity contribution is 14.1. The summed E-state index contributed by atoms with van der Waals surface area (Å²) < 4.78 is 30.4. The summed E-state index contributed by atoms with van der Waals surface area (Å²) in [6, 6.07) is 8.73. The van der Waals surface area contributed by atoms with E-state index in [2.05, 4.69) is 160 Å². The van der Waals surface area contributed by atoms with Gasteiger partial charge in [0.05, 0.1) is 40.7 Å². The minimum Gasteiger partial charge on any atom is -0.491 e. The molecular formula is C58H92I6O6. The van der Waals surface area contributed by atoms with E-state index in [1.54, 1.807) is 0 Å². The van der Waals surface area contributed by atoms with Gasteiger partial charge in [-0.3, -0.25) is 9.59 Å². The van der Waals surface area contributed by atoms with Gasteiger partial charge in [0, 0.05) is 20.0 Å². The average Bonchev–Trinajstić information content (AvgIpc) is 3.32. The number of carbonyl (C=O) groups is 2. The highest BCUT2D eigenvalue weighted by Gasteiger charge is 2.10. The number of carbonyl (C=O) groups excluding carboxylic acids is 2. The molecule has 0 radical (unpaired) electrons. The van der Waals surface area contributed by atoms with Gasteiger partial charge in [-0.2, -0.15) is 0 Å². The van der Waals surface area contributed by atoms with E-state index in [0.717, 1.165) is 76.1 Å². The molecule has 0 unspecified atom stereocenters. The summed E-state index contributed by atoms with van der Waals surface area (Å²) in [6.45, 7) is 2.50. The lowest BCUT2D eigenvalue weighted by Gasteiger charge is -2.11. The normalized spacial score (nSPS) is 11.3. The van der Waals surface area contributed by atoms with Crippen LogP contribution in [0.4, 0.5) is 0 Å². The minimum absolute atomic E-state index is 0.0856. The zero-order valence-electron chi connectivity index (χ0n) is 43.1. The van der Waals surface area contributed by atoms with Crippen molar-refractivity contribution in [1.82, 2.24) is 0 Å². The van der Waals surface area contributed by atoms with Gasteiger partial charge in [0.15, 0.2) is 0 Å². The second-order valence-electron chi connectivity index (χ2n) is 19.5. The van der Waals surface area contributed by atoms with Gasteiger partial charge in [-0.25, -0.2) is 0 Å². The van der Waals surface area contributed by atoms with Crippen molar-refractivity contribution in [2.75, 3.05) is 26.4 Å². The van der Waals surface area contributed by atoms with Crippen LogP contribution in [0.15, 0.2) is 24.3 Å². The summed E-state index contributed by atoms with van der Waals surface area (Å²) in [6.07, 6.45) is 49.4. The van der Waals surface area contributed by atoms with Crippen LogP contribution in [0.25, 0.3) is 0 Å². The maximum atomic E-state index is 12.1. The van der Waals surface area contributed by atoms with Crippen LogP contribution >= 0.6 is 136 Å². The summed E-state index contributed by atoms with van der Waals surface area (Å²) >= 11 is 14.3. The molecule has 0 heterocycles. The Kier molecular flexibility index (Phi) is 47.0. The van der Waals surface area contributed by atoms with Gasteiger partial charge < -0.3 is 18.9 Å². The number of halogens is 6. The first-order valence-corrected chi connectivity index (χ1v) is 34.5. The van der Waals surface area contributed by atoms with Gasteiger partial charge in [-0.15, -0.1) is 0 Å². The summed E-state index contributed by atoms with van der Waals surface area (Å²) in [5.74, 6) is 1.94. The van der Waals surface area contributed by atoms with Crippen molar-refractivity contribution in [3.63, 3.8) is 0 Å². The van der Waals surface area contributed by atoms with Crippen molar-refractivity contribution in [2.24, 2.45) is 0 Å². The fourth-order valence-corrected chi connectivity index (χ4v) is 16.6. The van der Waals surface area contributed by atoms with Crippen LogP contribution in [0, 0.1) is 21.4 Å². The van der Waals surface area contributed by atoms with Crippen molar-refractivity contribution in [2.45, 2.75) is 257 Å². The number of hydrogen-bond donors (Lipinski definition) is 0. The topological polar surface area (TPSA) is 71.1 Å². The summed E-state index contributed by atoms with van der Waals surface area (Å²) in [4.78, 5) is 24.2. The molecule has 0 N–H and O–H groups in total. The molecule has 0 aromatic heterocycles. The van der Waals surface area contributed by atoms with Crippen LogP contribution in [0.5, 0.6) is 11.5 Å². The van der Waals surface area contributed by atoms with Gasteiger partial charge >= 0.3 is 11.9 Å². The van der Waals surface area contributed by atoms with Crippen molar-refractivity contribution < 1.29 is 28.5 Å². The van der Waals surface area contributed by atoms with Crippen LogP contribution < -0.4 is 9.47 Å². The molecule has 70 heavy (non-hydrogen) atoms. The number of rotatable bonds is 49. The molecule has 0 bridgehead atoms. The molecule has 0 aliphatic heterocycles. The molecule has 402 valence electrons. The second-order valence-corrected chi connectivity index (χ2v) is 26.6. The molecule has 0 saturated carbocycles. The second kappa shape index (κ2) is 48.7. The molecular weight excluding hydrogens is 1550 g/mol. The standard InChI is InChI=1S/C58H92I6O6/c59-49-45-51(61)57(52(62)46-49)69-43-35-31-27-23-19-15-11-7-3-1-5-9-13-17-21-25-29-33-39-55(65)67-41-37-38-42-68-56(66)40-34-30-26-22-18-14-10-6-2-4-8-12-16-20-24-28-32-36-44-70-58-53(63)47-50(60)48-54(58)64/h45-48H,1-44H2. The Morgan fingerprint density at radius 2 is 0.457 bits per heavy atom. The smallest absolute Gasteiger partial charge is 0.305 e. The molecule has 0 saturated heterocycles. The van der Waals surface area contributed by atoms with Crippen LogP contribution in [-0.4, -0.2) is 38.4 Å². The quantitative estimate of drug-likeness (QED) is 0.0373. The van der Waals surface area contributed by atoms with Crippen LogP contribution in [0.2, 0.25) is 0 Å². The predicted octanol–water partition coefficient (Wildman–Crippen LogP) is 21.5. The molecule has 2 aromatic rings. The Hall–Kier alpha value is 1.36. The summed E-state index contributed by atoms with van der Waals surface area (Å²) in [7, 11) is 0. The number of benzene rings is 2. The minimum atomic E-state index is -0.0856.